The minimum Gasteiger partial charge on any atom is -0.494 e. The van der Waals surface area contributed by atoms with Gasteiger partial charge in [0.15, 0.2) is 5.75 Å². The van der Waals surface area contributed by atoms with Crippen molar-refractivity contribution in [1.82, 2.24) is 20.3 Å². The molecule has 1 aliphatic carbocycles. The Kier molecular flexibility index (Phi) is 8.55. The van der Waals surface area contributed by atoms with E-state index in [1.807, 2.05) is 12.1 Å². The lowest BCUT2D eigenvalue weighted by Crippen LogP contribution is -2.46. The van der Waals surface area contributed by atoms with Gasteiger partial charge in [0.25, 0.3) is 0 Å². The number of methoxy groups -OCH3 is 1. The summed E-state index contributed by atoms with van der Waals surface area (Å²) in [7, 11) is 1.55. The number of hydrogen-bond donors (Lipinski definition) is 3. The standard InChI is InChI=1S/C24H35Cl2N7O/c1-3-20(19-10-7-11-28-19)33(16-12-17(25)21(34-2)18(26)13-16)24-31-22(27)30-23(32-24)29-14-15-8-5-4-6-9-15/h12-13,15,19-20,28H,3-11,14H2,1-2H3,(H3,27,29,30,31,32). The van der Waals surface area contributed by atoms with Crippen LogP contribution in [0.3, 0.4) is 0 Å². The maximum Gasteiger partial charge on any atom is 0.236 e. The third-order valence-electron chi connectivity index (χ3n) is 6.91. The Labute approximate surface area is 212 Å². The van der Waals surface area contributed by atoms with Crippen molar-refractivity contribution >= 4 is 46.7 Å². The van der Waals surface area contributed by atoms with Crippen molar-refractivity contribution in [3.05, 3.63) is 22.2 Å². The van der Waals surface area contributed by atoms with Crippen LogP contribution in [-0.4, -0.2) is 47.2 Å². The van der Waals surface area contributed by atoms with Crippen LogP contribution in [0, 0.1) is 5.92 Å². The first-order valence-electron chi connectivity index (χ1n) is 12.3. The monoisotopic (exact) mass is 507 g/mol. The molecule has 1 saturated carbocycles. The van der Waals surface area contributed by atoms with Gasteiger partial charge in [0.2, 0.25) is 17.8 Å². The first kappa shape index (κ1) is 25.1. The molecule has 1 aliphatic heterocycles. The molecule has 186 valence electrons. The molecule has 0 spiro atoms. The van der Waals surface area contributed by atoms with Gasteiger partial charge >= 0.3 is 0 Å². The Morgan fingerprint density at radius 1 is 1.12 bits per heavy atom. The van der Waals surface area contributed by atoms with Crippen molar-refractivity contribution in [3.63, 3.8) is 0 Å². The van der Waals surface area contributed by atoms with Crippen LogP contribution in [-0.2, 0) is 0 Å². The average molecular weight is 508 g/mol. The summed E-state index contributed by atoms with van der Waals surface area (Å²) in [4.78, 5) is 15.8. The summed E-state index contributed by atoms with van der Waals surface area (Å²) in [6, 6.07) is 4.05. The molecule has 10 heteroatoms. The molecule has 2 fully saturated rings. The minimum absolute atomic E-state index is 0.0797. The van der Waals surface area contributed by atoms with Crippen molar-refractivity contribution in [1.29, 1.82) is 0 Å². The second-order valence-corrected chi connectivity index (χ2v) is 10.0. The molecule has 2 atom stereocenters. The molecule has 2 aliphatic rings. The number of halogens is 2. The number of nitrogens with one attached hydrogen (secondary N) is 2. The van der Waals surface area contributed by atoms with Crippen LogP contribution >= 0.6 is 23.2 Å². The van der Waals surface area contributed by atoms with Crippen LogP contribution in [0.25, 0.3) is 0 Å². The van der Waals surface area contributed by atoms with E-state index in [-0.39, 0.29) is 18.0 Å². The molecular weight excluding hydrogens is 473 g/mol. The van der Waals surface area contributed by atoms with Crippen molar-refractivity contribution in [2.45, 2.75) is 70.4 Å². The van der Waals surface area contributed by atoms with E-state index in [2.05, 4.69) is 32.4 Å². The Hall–Kier alpha value is -2.03. The van der Waals surface area contributed by atoms with Gasteiger partial charge in [0.1, 0.15) is 0 Å². The van der Waals surface area contributed by atoms with E-state index in [9.17, 15) is 0 Å². The van der Waals surface area contributed by atoms with E-state index < -0.39 is 0 Å². The van der Waals surface area contributed by atoms with E-state index in [0.29, 0.717) is 33.6 Å². The SMILES string of the molecule is CCC(C1CCCN1)N(c1cc(Cl)c(OC)c(Cl)c1)c1nc(N)nc(NCC2CCCCC2)n1. The third-order valence-corrected chi connectivity index (χ3v) is 7.47. The maximum absolute atomic E-state index is 6.53. The Morgan fingerprint density at radius 3 is 2.47 bits per heavy atom. The Bertz CT molecular complexity index is 941. The van der Waals surface area contributed by atoms with Gasteiger partial charge in [0, 0.05) is 18.3 Å². The van der Waals surface area contributed by atoms with Crippen LogP contribution < -0.4 is 26.0 Å². The lowest BCUT2D eigenvalue weighted by Gasteiger charge is -2.35. The number of nitrogens with zero attached hydrogens (tertiary/aromatic N) is 4. The highest BCUT2D eigenvalue weighted by molar-refractivity contribution is 6.37. The fourth-order valence-corrected chi connectivity index (χ4v) is 5.85. The summed E-state index contributed by atoms with van der Waals surface area (Å²) in [6.45, 7) is 3.99. The molecule has 4 N–H and O–H groups in total. The van der Waals surface area contributed by atoms with Gasteiger partial charge in [0.05, 0.1) is 23.2 Å². The maximum atomic E-state index is 6.53. The predicted octanol–water partition coefficient (Wildman–Crippen LogP) is 5.43. The lowest BCUT2D eigenvalue weighted by atomic mass is 9.89. The normalized spacial score (nSPS) is 19.7. The highest BCUT2D eigenvalue weighted by atomic mass is 35.5. The van der Waals surface area contributed by atoms with Gasteiger partial charge in [-0.15, -0.1) is 0 Å². The molecule has 2 heterocycles. The number of hydrogen-bond acceptors (Lipinski definition) is 8. The van der Waals surface area contributed by atoms with Gasteiger partial charge in [-0.3, -0.25) is 0 Å². The number of anilines is 4. The summed E-state index contributed by atoms with van der Waals surface area (Å²) >= 11 is 13.1. The van der Waals surface area contributed by atoms with Gasteiger partial charge in [-0.05, 0) is 56.7 Å². The van der Waals surface area contributed by atoms with E-state index in [0.717, 1.165) is 38.0 Å². The van der Waals surface area contributed by atoms with Crippen molar-refractivity contribution in [3.8, 4) is 5.75 Å². The molecule has 0 bridgehead atoms. The molecule has 1 aromatic heterocycles. The molecule has 4 rings (SSSR count). The van der Waals surface area contributed by atoms with Crippen LogP contribution in [0.4, 0.5) is 23.5 Å². The third kappa shape index (κ3) is 5.78. The molecular formula is C24H35Cl2N7O. The smallest absolute Gasteiger partial charge is 0.236 e. The highest BCUT2D eigenvalue weighted by Gasteiger charge is 2.32. The fraction of sp³-hybridized carbons (Fsp3) is 0.625. The van der Waals surface area contributed by atoms with E-state index in [4.69, 9.17) is 38.7 Å². The number of nitrogens with two attached hydrogens (primary N) is 1. The number of nitrogen functional groups attached to an aromatic ring is 1. The molecule has 1 aromatic carbocycles. The van der Waals surface area contributed by atoms with Crippen LogP contribution in [0.5, 0.6) is 5.75 Å². The topological polar surface area (TPSA) is 101 Å². The van der Waals surface area contributed by atoms with Crippen molar-refractivity contribution in [2.75, 3.05) is 36.1 Å². The number of benzene rings is 1. The van der Waals surface area contributed by atoms with Gasteiger partial charge in [-0.2, -0.15) is 15.0 Å². The predicted molar refractivity (Wildman–Crippen MR) is 140 cm³/mol. The summed E-state index contributed by atoms with van der Waals surface area (Å²) in [6.07, 6.45) is 9.45. The van der Waals surface area contributed by atoms with Gasteiger partial charge in [-0.25, -0.2) is 0 Å². The fourth-order valence-electron chi connectivity index (χ4n) is 5.22. The van der Waals surface area contributed by atoms with Crippen LogP contribution in [0.15, 0.2) is 12.1 Å². The second-order valence-electron chi connectivity index (χ2n) is 9.19. The zero-order chi connectivity index (χ0) is 24.1. The average Bonchev–Trinajstić information content (AvgIpc) is 3.36. The lowest BCUT2D eigenvalue weighted by molar-refractivity contribution is 0.373. The molecule has 0 amide bonds. The van der Waals surface area contributed by atoms with E-state index >= 15 is 0 Å². The van der Waals surface area contributed by atoms with Crippen LogP contribution in [0.1, 0.15) is 58.3 Å². The first-order chi connectivity index (χ1) is 16.5. The zero-order valence-corrected chi connectivity index (χ0v) is 21.5. The first-order valence-corrected chi connectivity index (χ1v) is 13.1. The molecule has 2 aromatic rings. The molecule has 2 unspecified atom stereocenters. The summed E-state index contributed by atoms with van der Waals surface area (Å²) < 4.78 is 5.36. The summed E-state index contributed by atoms with van der Waals surface area (Å²) in [5, 5.41) is 7.90. The minimum atomic E-state index is 0.0797. The number of rotatable bonds is 9. The quantitative estimate of drug-likeness (QED) is 0.412. The van der Waals surface area contributed by atoms with E-state index in [1.165, 1.54) is 32.1 Å². The summed E-state index contributed by atoms with van der Waals surface area (Å²) in [5.41, 5.74) is 6.96. The molecule has 8 nitrogen and oxygen atoms in total. The Morgan fingerprint density at radius 2 is 1.85 bits per heavy atom. The number of ether oxygens (including phenoxy) is 1. The largest absolute Gasteiger partial charge is 0.494 e. The Balaban J connectivity index is 1.70. The highest BCUT2D eigenvalue weighted by Crippen LogP contribution is 2.40. The van der Waals surface area contributed by atoms with Crippen molar-refractivity contribution in [2.24, 2.45) is 5.92 Å². The van der Waals surface area contributed by atoms with Crippen LogP contribution in [0.2, 0.25) is 10.0 Å². The zero-order valence-electron chi connectivity index (χ0n) is 20.0. The van der Waals surface area contributed by atoms with Crippen molar-refractivity contribution < 1.29 is 4.74 Å². The molecule has 0 radical (unpaired) electrons. The molecule has 34 heavy (non-hydrogen) atoms. The summed E-state index contributed by atoms with van der Waals surface area (Å²) in [5.74, 6) is 2.25. The van der Waals surface area contributed by atoms with Gasteiger partial charge in [-0.1, -0.05) is 49.4 Å². The second kappa shape index (κ2) is 11.6. The van der Waals surface area contributed by atoms with Gasteiger partial charge < -0.3 is 26.0 Å². The van der Waals surface area contributed by atoms with E-state index in [1.54, 1.807) is 7.11 Å². The number of aromatic nitrogens is 3. The molecule has 1 saturated heterocycles.